The Balaban J connectivity index is 1.51. The number of urea groups is 1. The Hall–Kier alpha value is -1.60. The number of rotatable bonds is 9. The average Bonchev–Trinajstić information content (AvgIpc) is 3.03. The summed E-state index contributed by atoms with van der Waals surface area (Å²) >= 11 is 1.90. The summed E-state index contributed by atoms with van der Waals surface area (Å²) in [5, 5.41) is 12.6. The van der Waals surface area contributed by atoms with E-state index in [9.17, 15) is 9.59 Å². The molecule has 2 saturated heterocycles. The van der Waals surface area contributed by atoms with Crippen molar-refractivity contribution in [3.05, 3.63) is 10.4 Å². The highest BCUT2D eigenvalue weighted by Gasteiger charge is 2.42. The van der Waals surface area contributed by atoms with Gasteiger partial charge in [-0.05, 0) is 24.8 Å². The van der Waals surface area contributed by atoms with Crippen molar-refractivity contribution in [3.8, 4) is 0 Å². The number of azide groups is 1. The molecule has 22 heavy (non-hydrogen) atoms. The van der Waals surface area contributed by atoms with Gasteiger partial charge in [0.25, 0.3) is 0 Å². The second-order valence-electron chi connectivity index (χ2n) is 5.53. The van der Waals surface area contributed by atoms with Crippen LogP contribution in [0.4, 0.5) is 4.79 Å². The molecule has 122 valence electrons. The van der Waals surface area contributed by atoms with Crippen molar-refractivity contribution in [2.24, 2.45) is 5.11 Å². The van der Waals surface area contributed by atoms with Crippen LogP contribution in [0.1, 0.15) is 32.1 Å². The van der Waals surface area contributed by atoms with E-state index in [2.05, 4.69) is 26.0 Å². The van der Waals surface area contributed by atoms with Crippen molar-refractivity contribution in [2.45, 2.75) is 49.4 Å². The van der Waals surface area contributed by atoms with E-state index in [1.165, 1.54) is 0 Å². The molecule has 2 fully saturated rings. The predicted octanol–water partition coefficient (Wildman–Crippen LogP) is 1.53. The van der Waals surface area contributed by atoms with Gasteiger partial charge in [0.05, 0.1) is 12.1 Å². The van der Waals surface area contributed by atoms with Gasteiger partial charge in [0.2, 0.25) is 5.91 Å². The second kappa shape index (κ2) is 8.75. The summed E-state index contributed by atoms with van der Waals surface area (Å²) < 4.78 is 0. The quantitative estimate of drug-likeness (QED) is 0.196. The fourth-order valence-corrected chi connectivity index (χ4v) is 4.33. The van der Waals surface area contributed by atoms with Gasteiger partial charge in [-0.15, -0.1) is 0 Å². The first-order valence-electron chi connectivity index (χ1n) is 7.67. The van der Waals surface area contributed by atoms with Crippen LogP contribution < -0.4 is 16.0 Å². The van der Waals surface area contributed by atoms with Crippen LogP contribution >= 0.6 is 11.8 Å². The lowest BCUT2D eigenvalue weighted by molar-refractivity contribution is -0.121. The third kappa shape index (κ3) is 4.99. The molecular formula is C13H22N6O2S. The van der Waals surface area contributed by atoms with Crippen molar-refractivity contribution in [3.63, 3.8) is 0 Å². The monoisotopic (exact) mass is 326 g/mol. The van der Waals surface area contributed by atoms with Crippen LogP contribution in [0.3, 0.4) is 0 Å². The third-order valence-corrected chi connectivity index (χ3v) is 5.41. The van der Waals surface area contributed by atoms with E-state index in [0.717, 1.165) is 25.0 Å². The molecule has 0 spiro atoms. The van der Waals surface area contributed by atoms with Gasteiger partial charge in [-0.1, -0.05) is 11.5 Å². The van der Waals surface area contributed by atoms with E-state index >= 15 is 0 Å². The molecule has 2 heterocycles. The molecular weight excluding hydrogens is 304 g/mol. The van der Waals surface area contributed by atoms with Gasteiger partial charge in [-0.2, -0.15) is 11.8 Å². The topological polar surface area (TPSA) is 119 Å². The maximum atomic E-state index is 11.6. The number of fused-ring (bicyclic) bond motifs is 1. The number of nitrogens with zero attached hydrogens (tertiary/aromatic N) is 3. The standard InChI is InChI=1S/C13H22N6O2S/c14-19-16-7-3-6-15-11(20)5-2-1-4-10-12-9(8-22-10)17-13(21)18-12/h9-10,12H,1-8H2,(H,15,20)(H2,17,18,21)/t9-,10+,12-/m1/s1. The van der Waals surface area contributed by atoms with Crippen LogP contribution in [0.2, 0.25) is 0 Å². The molecule has 0 bridgehead atoms. The number of unbranched alkanes of at least 4 members (excludes halogenated alkanes) is 1. The number of nitrogens with one attached hydrogen (secondary N) is 3. The zero-order valence-corrected chi connectivity index (χ0v) is 13.3. The summed E-state index contributed by atoms with van der Waals surface area (Å²) in [6.07, 6.45) is 4.07. The van der Waals surface area contributed by atoms with Crippen LogP contribution in [-0.2, 0) is 4.79 Å². The lowest BCUT2D eigenvalue weighted by atomic mass is 10.0. The molecule has 2 aliphatic heterocycles. The molecule has 0 aromatic carbocycles. The fourth-order valence-electron chi connectivity index (χ4n) is 2.78. The lowest BCUT2D eigenvalue weighted by Gasteiger charge is -2.16. The van der Waals surface area contributed by atoms with Gasteiger partial charge in [0.1, 0.15) is 0 Å². The van der Waals surface area contributed by atoms with Gasteiger partial charge in [-0.25, -0.2) is 4.79 Å². The number of amides is 3. The number of thioether (sulfide) groups is 1. The number of carbonyl (C=O) groups is 2. The van der Waals surface area contributed by atoms with E-state index in [-0.39, 0.29) is 24.0 Å². The summed E-state index contributed by atoms with van der Waals surface area (Å²) in [6, 6.07) is 0.453. The Kier molecular flexibility index (Phi) is 6.67. The molecule has 3 atom stereocenters. The van der Waals surface area contributed by atoms with E-state index in [0.29, 0.717) is 31.2 Å². The molecule has 3 amide bonds. The van der Waals surface area contributed by atoms with Crippen molar-refractivity contribution in [1.82, 2.24) is 16.0 Å². The molecule has 0 saturated carbocycles. The van der Waals surface area contributed by atoms with Crippen LogP contribution in [0, 0.1) is 0 Å². The minimum Gasteiger partial charge on any atom is -0.356 e. The Morgan fingerprint density at radius 1 is 1.41 bits per heavy atom. The van der Waals surface area contributed by atoms with Crippen molar-refractivity contribution >= 4 is 23.7 Å². The highest BCUT2D eigenvalue weighted by Crippen LogP contribution is 2.33. The fraction of sp³-hybridized carbons (Fsp3) is 0.846. The third-order valence-electron chi connectivity index (χ3n) is 3.90. The van der Waals surface area contributed by atoms with Crippen molar-refractivity contribution in [1.29, 1.82) is 0 Å². The van der Waals surface area contributed by atoms with Crippen molar-refractivity contribution < 1.29 is 9.59 Å². The highest BCUT2D eigenvalue weighted by molar-refractivity contribution is 8.00. The molecule has 9 heteroatoms. The molecule has 0 unspecified atom stereocenters. The normalized spacial score (nSPS) is 25.8. The van der Waals surface area contributed by atoms with Crippen molar-refractivity contribution in [2.75, 3.05) is 18.8 Å². The molecule has 2 rings (SSSR count). The zero-order valence-electron chi connectivity index (χ0n) is 12.5. The molecule has 3 N–H and O–H groups in total. The molecule has 2 aliphatic rings. The van der Waals surface area contributed by atoms with E-state index in [1.54, 1.807) is 0 Å². The molecule has 0 aliphatic carbocycles. The Morgan fingerprint density at radius 2 is 2.27 bits per heavy atom. The number of hydrogen-bond acceptors (Lipinski definition) is 4. The molecule has 0 aromatic heterocycles. The van der Waals surface area contributed by atoms with E-state index in [4.69, 9.17) is 5.53 Å². The lowest BCUT2D eigenvalue weighted by Crippen LogP contribution is -2.36. The summed E-state index contributed by atoms with van der Waals surface area (Å²) in [5.74, 6) is 1.02. The predicted molar refractivity (Wildman–Crippen MR) is 85.6 cm³/mol. The Bertz CT molecular complexity index is 454. The smallest absolute Gasteiger partial charge is 0.315 e. The van der Waals surface area contributed by atoms with Gasteiger partial charge >= 0.3 is 6.03 Å². The number of hydrogen-bond donors (Lipinski definition) is 3. The Labute approximate surface area is 133 Å². The summed E-state index contributed by atoms with van der Waals surface area (Å²) in [6.45, 7) is 0.968. The maximum Gasteiger partial charge on any atom is 0.315 e. The highest BCUT2D eigenvalue weighted by atomic mass is 32.2. The summed E-state index contributed by atoms with van der Waals surface area (Å²) in [7, 11) is 0. The SMILES string of the molecule is [N-]=[N+]=NCCCNC(=O)CCCC[C@@H]1SC[C@H]2NC(=O)N[C@@H]12. The zero-order chi connectivity index (χ0) is 15.8. The first-order chi connectivity index (χ1) is 10.7. The Morgan fingerprint density at radius 3 is 3.09 bits per heavy atom. The minimum absolute atomic E-state index is 0.0497. The minimum atomic E-state index is -0.0552. The number of carbonyl (C=O) groups excluding carboxylic acids is 2. The second-order valence-corrected chi connectivity index (χ2v) is 6.80. The molecule has 8 nitrogen and oxygen atoms in total. The van der Waals surface area contributed by atoms with Gasteiger partial charge in [-0.3, -0.25) is 4.79 Å². The van der Waals surface area contributed by atoms with Gasteiger partial charge < -0.3 is 16.0 Å². The van der Waals surface area contributed by atoms with Crippen LogP contribution in [0.25, 0.3) is 10.4 Å². The average molecular weight is 326 g/mol. The van der Waals surface area contributed by atoms with E-state index in [1.807, 2.05) is 11.8 Å². The van der Waals surface area contributed by atoms with E-state index < -0.39 is 0 Å². The van der Waals surface area contributed by atoms with Gasteiger partial charge in [0, 0.05) is 35.4 Å². The van der Waals surface area contributed by atoms with Crippen LogP contribution in [-0.4, -0.2) is 48.1 Å². The van der Waals surface area contributed by atoms with Crippen LogP contribution in [0.5, 0.6) is 0 Å². The first kappa shape index (κ1) is 16.8. The summed E-state index contributed by atoms with van der Waals surface area (Å²) in [4.78, 5) is 25.5. The molecule has 0 aromatic rings. The largest absolute Gasteiger partial charge is 0.356 e. The molecule has 0 radical (unpaired) electrons. The van der Waals surface area contributed by atoms with Gasteiger partial charge in [0.15, 0.2) is 0 Å². The summed E-state index contributed by atoms with van der Waals surface area (Å²) in [5.41, 5.74) is 8.12. The first-order valence-corrected chi connectivity index (χ1v) is 8.72. The van der Waals surface area contributed by atoms with Crippen LogP contribution in [0.15, 0.2) is 5.11 Å². The maximum absolute atomic E-state index is 11.6.